The zero-order chi connectivity index (χ0) is 18.1. The summed E-state index contributed by atoms with van der Waals surface area (Å²) in [4.78, 5) is 0. The molecule has 1 aromatic carbocycles. The van der Waals surface area contributed by atoms with Crippen LogP contribution in [0.5, 0.6) is 5.75 Å². The van der Waals surface area contributed by atoms with E-state index in [1.165, 1.54) is 0 Å². The van der Waals surface area contributed by atoms with Gasteiger partial charge in [0.25, 0.3) is 0 Å². The Hall–Kier alpha value is -1.38. The number of hydrogen-bond acceptors (Lipinski definition) is 2. The summed E-state index contributed by atoms with van der Waals surface area (Å²) < 4.78 is 0. The predicted octanol–water partition coefficient (Wildman–Crippen LogP) is 0.248. The molecule has 7 heteroatoms. The maximum atomic E-state index is 10.6. The van der Waals surface area contributed by atoms with Crippen LogP contribution in [0.1, 0.15) is 43.4 Å². The Morgan fingerprint density at radius 1 is 1.04 bits per heavy atom. The van der Waals surface area contributed by atoms with Crippen molar-refractivity contribution in [1.29, 1.82) is 0 Å². The molecule has 0 aromatic heterocycles. The molecule has 1 aromatic rings. The molecule has 0 bridgehead atoms. The fourth-order valence-corrected chi connectivity index (χ4v) is 4.31. The molecule has 0 spiro atoms. The third kappa shape index (κ3) is 1.90. The van der Waals surface area contributed by atoms with Crippen LogP contribution < -0.4 is 10.9 Å². The molecule has 2 N–H and O–H groups in total. The second-order valence-electron chi connectivity index (χ2n) is 7.06. The summed E-state index contributed by atoms with van der Waals surface area (Å²) in [5, 5.41) is 21.1. The second-order valence-corrected chi connectivity index (χ2v) is 7.06. The van der Waals surface area contributed by atoms with Crippen molar-refractivity contribution in [3.05, 3.63) is 39.0 Å². The van der Waals surface area contributed by atoms with Crippen LogP contribution in [0.25, 0.3) is 0 Å². The van der Waals surface area contributed by atoms with Crippen molar-refractivity contribution >= 4 is 50.2 Å². The van der Waals surface area contributed by atoms with Gasteiger partial charge in [-0.25, -0.2) is 0 Å². The van der Waals surface area contributed by atoms with E-state index >= 15 is 0 Å². The van der Waals surface area contributed by atoms with E-state index in [9.17, 15) is 10.2 Å². The van der Waals surface area contributed by atoms with Crippen LogP contribution in [0.3, 0.4) is 0 Å². The van der Waals surface area contributed by atoms with E-state index in [-0.39, 0.29) is 27.9 Å². The normalized spacial score (nSPS) is 25.0. The Kier molecular flexibility index (Phi) is 3.86. The van der Waals surface area contributed by atoms with Gasteiger partial charge in [-0.15, -0.1) is 5.47 Å². The van der Waals surface area contributed by atoms with Gasteiger partial charge in [-0.05, 0) is 28.7 Å². The summed E-state index contributed by atoms with van der Waals surface area (Å²) >= 11 is 0. The van der Waals surface area contributed by atoms with Crippen molar-refractivity contribution in [3.8, 4) is 5.75 Å². The van der Waals surface area contributed by atoms with Gasteiger partial charge in [-0.2, -0.15) is 0 Å². The fraction of sp³-hybridized carbons (Fsp3) is 0.412. The van der Waals surface area contributed by atoms with E-state index in [2.05, 4.69) is 0 Å². The average Bonchev–Trinajstić information content (AvgIpc) is 2.77. The van der Waals surface area contributed by atoms with Gasteiger partial charge in [0.2, 0.25) is 0 Å². The number of hydrogen-bond donors (Lipinski definition) is 2. The van der Waals surface area contributed by atoms with Gasteiger partial charge >= 0.3 is 0 Å². The molecule has 2 aliphatic carbocycles. The van der Waals surface area contributed by atoms with Crippen molar-refractivity contribution in [2.75, 3.05) is 0 Å². The van der Waals surface area contributed by atoms with Crippen LogP contribution in [-0.2, 0) is 11.8 Å². The van der Waals surface area contributed by atoms with E-state index in [4.69, 9.17) is 39.2 Å². The molecule has 24 heavy (non-hydrogen) atoms. The van der Waals surface area contributed by atoms with Gasteiger partial charge in [-0.3, -0.25) is 0 Å². The summed E-state index contributed by atoms with van der Waals surface area (Å²) in [6, 6.07) is 0. The van der Waals surface area contributed by atoms with Crippen LogP contribution in [0.15, 0.2) is 22.3 Å². The van der Waals surface area contributed by atoms with Gasteiger partial charge in [-0.1, -0.05) is 43.0 Å². The molecular formula is C17H15B5O2. The van der Waals surface area contributed by atoms with E-state index in [1.807, 2.05) is 20.8 Å². The monoisotopic (exact) mass is 306 g/mol. The SMILES string of the molecule is [B]C1=C([B])C([B])C2C(=C1O)C(C)(C)c1c([B])c(CC)c(O)c([B])c12. The minimum atomic E-state index is -0.648. The molecule has 10 radical (unpaired) electrons. The maximum absolute atomic E-state index is 10.6. The van der Waals surface area contributed by atoms with Crippen LogP contribution in [0.2, 0.25) is 5.82 Å². The Morgan fingerprint density at radius 3 is 2.17 bits per heavy atom. The molecular weight excluding hydrogens is 290 g/mol. The lowest BCUT2D eigenvalue weighted by Crippen LogP contribution is -2.31. The van der Waals surface area contributed by atoms with Gasteiger partial charge in [0.05, 0.1) is 7.85 Å². The Morgan fingerprint density at radius 2 is 1.62 bits per heavy atom. The largest absolute Gasteiger partial charge is 0.509 e. The number of allylic oxidation sites excluding steroid dienone is 3. The quantitative estimate of drug-likeness (QED) is 0.730. The molecule has 0 amide bonds. The molecule has 0 fully saturated rings. The highest BCUT2D eigenvalue weighted by Crippen LogP contribution is 2.58. The lowest BCUT2D eigenvalue weighted by atomic mass is 9.54. The molecule has 2 atom stereocenters. The van der Waals surface area contributed by atoms with E-state index < -0.39 is 17.2 Å². The standard InChI is InChI=1S/C17H15B5O2/c1-4-5-10(18)8-6(12(20)15(5)23)7-9(17(8,2)3)16(24)14(22)13(21)11(7)19/h7,11,23-24H,4H2,1-3H3. The number of benzene rings is 1. The third-order valence-corrected chi connectivity index (χ3v) is 5.51. The van der Waals surface area contributed by atoms with Crippen molar-refractivity contribution in [3.63, 3.8) is 0 Å². The number of aromatic hydroxyl groups is 1. The van der Waals surface area contributed by atoms with Crippen LogP contribution in [-0.4, -0.2) is 49.4 Å². The summed E-state index contributed by atoms with van der Waals surface area (Å²) in [6.07, 6.45) is 0.537. The van der Waals surface area contributed by atoms with Crippen LogP contribution in [0, 0.1) is 0 Å². The zero-order valence-corrected chi connectivity index (χ0v) is 14.1. The number of fused-ring (bicyclic) bond motifs is 3. The number of aliphatic hydroxyl groups excluding tert-OH is 1. The predicted molar refractivity (Wildman–Crippen MR) is 102 cm³/mol. The van der Waals surface area contributed by atoms with Gasteiger partial charge in [0.1, 0.15) is 42.9 Å². The lowest BCUT2D eigenvalue weighted by Gasteiger charge is -2.35. The van der Waals surface area contributed by atoms with Gasteiger partial charge in [0.15, 0.2) is 0 Å². The summed E-state index contributed by atoms with van der Waals surface area (Å²) in [6.45, 7) is 5.77. The number of phenolic OH excluding ortho intramolecular Hbond substituents is 1. The van der Waals surface area contributed by atoms with Crippen LogP contribution >= 0.6 is 0 Å². The molecule has 0 saturated carbocycles. The van der Waals surface area contributed by atoms with Crippen molar-refractivity contribution in [2.24, 2.45) is 0 Å². The minimum absolute atomic E-state index is 0.0291. The number of phenols is 1. The number of aliphatic hydroxyl groups is 1. The first-order valence-corrected chi connectivity index (χ1v) is 7.95. The first-order valence-electron chi connectivity index (χ1n) is 7.95. The molecule has 0 heterocycles. The van der Waals surface area contributed by atoms with Crippen molar-refractivity contribution < 1.29 is 10.2 Å². The first kappa shape index (κ1) is 17.4. The number of rotatable bonds is 1. The van der Waals surface area contributed by atoms with E-state index in [0.29, 0.717) is 28.6 Å². The summed E-state index contributed by atoms with van der Waals surface area (Å²) in [7, 11) is 30.9. The fourth-order valence-electron chi connectivity index (χ4n) is 4.31. The Balaban J connectivity index is 2.47. The van der Waals surface area contributed by atoms with E-state index in [0.717, 1.165) is 5.56 Å². The second kappa shape index (κ2) is 5.31. The van der Waals surface area contributed by atoms with Crippen molar-refractivity contribution in [2.45, 2.75) is 44.3 Å². The maximum Gasteiger partial charge on any atom is 0.119 e. The molecule has 2 aliphatic rings. The molecule has 2 nitrogen and oxygen atoms in total. The first-order chi connectivity index (χ1) is 11.1. The smallest absolute Gasteiger partial charge is 0.119 e. The summed E-state index contributed by atoms with van der Waals surface area (Å²) in [5.41, 5.74) is 3.03. The summed E-state index contributed by atoms with van der Waals surface area (Å²) in [5.74, 6) is -1.22. The highest BCUT2D eigenvalue weighted by Gasteiger charge is 2.49. The Bertz CT molecular complexity index is 823. The molecule has 3 rings (SSSR count). The third-order valence-electron chi connectivity index (χ3n) is 5.51. The minimum Gasteiger partial charge on any atom is -0.509 e. The molecule has 2 unspecified atom stereocenters. The lowest BCUT2D eigenvalue weighted by molar-refractivity contribution is 0.396. The van der Waals surface area contributed by atoms with E-state index in [1.54, 1.807) is 0 Å². The highest BCUT2D eigenvalue weighted by atomic mass is 16.3. The van der Waals surface area contributed by atoms with Gasteiger partial charge < -0.3 is 10.2 Å². The zero-order valence-electron chi connectivity index (χ0n) is 14.1. The average molecular weight is 305 g/mol. The highest BCUT2D eigenvalue weighted by molar-refractivity contribution is 6.41. The molecule has 0 aliphatic heterocycles. The molecule has 0 saturated heterocycles. The van der Waals surface area contributed by atoms with Gasteiger partial charge in [0, 0.05) is 11.3 Å². The van der Waals surface area contributed by atoms with Crippen LogP contribution in [0.4, 0.5) is 0 Å². The Labute approximate surface area is 149 Å². The van der Waals surface area contributed by atoms with Crippen molar-refractivity contribution in [1.82, 2.24) is 0 Å². The molecule has 110 valence electrons. The topological polar surface area (TPSA) is 40.5 Å².